The van der Waals surface area contributed by atoms with Crippen molar-refractivity contribution in [3.8, 4) is 0 Å². The summed E-state index contributed by atoms with van der Waals surface area (Å²) >= 11 is 0. The molecule has 1 saturated heterocycles. The third-order valence-electron chi connectivity index (χ3n) is 5.61. The molecule has 0 unspecified atom stereocenters. The molecule has 0 amide bonds. The molecule has 0 spiro atoms. The zero-order chi connectivity index (χ0) is 16.1. The SMILES string of the molecule is CN1CCC(OC(=O)C2(c3ccccc3)CCCCCC2)CC1. The van der Waals surface area contributed by atoms with Crippen LogP contribution in [0.5, 0.6) is 0 Å². The first-order valence-electron chi connectivity index (χ1n) is 9.16. The molecule has 3 heteroatoms. The summed E-state index contributed by atoms with van der Waals surface area (Å²) < 4.78 is 6.03. The molecule has 0 aromatic heterocycles. The van der Waals surface area contributed by atoms with E-state index in [0.29, 0.717) is 0 Å². The average Bonchev–Trinajstić information content (AvgIpc) is 2.85. The first-order chi connectivity index (χ1) is 11.2. The molecule has 0 radical (unpaired) electrons. The molecular weight excluding hydrogens is 286 g/mol. The summed E-state index contributed by atoms with van der Waals surface area (Å²) in [6.07, 6.45) is 8.61. The number of benzene rings is 1. The number of piperidine rings is 1. The number of hydrogen-bond acceptors (Lipinski definition) is 3. The maximum absolute atomic E-state index is 13.2. The van der Waals surface area contributed by atoms with Crippen LogP contribution in [0.25, 0.3) is 0 Å². The lowest BCUT2D eigenvalue weighted by Gasteiger charge is -2.35. The van der Waals surface area contributed by atoms with Crippen molar-refractivity contribution >= 4 is 5.97 Å². The standard InChI is InChI=1S/C20H29NO2/c1-21-15-11-18(12-16-21)23-19(22)20(13-7-2-3-8-14-20)17-9-5-4-6-10-17/h4-6,9-10,18H,2-3,7-8,11-16H2,1H3. The highest BCUT2D eigenvalue weighted by molar-refractivity contribution is 5.83. The van der Waals surface area contributed by atoms with Crippen LogP contribution in [0.4, 0.5) is 0 Å². The number of likely N-dealkylation sites (tertiary alicyclic amines) is 1. The Labute approximate surface area is 140 Å². The van der Waals surface area contributed by atoms with Gasteiger partial charge in [0.2, 0.25) is 0 Å². The molecule has 3 nitrogen and oxygen atoms in total. The van der Waals surface area contributed by atoms with Gasteiger partial charge < -0.3 is 9.64 Å². The second-order valence-corrected chi connectivity index (χ2v) is 7.27. The Morgan fingerprint density at radius 1 is 1.04 bits per heavy atom. The smallest absolute Gasteiger partial charge is 0.316 e. The van der Waals surface area contributed by atoms with Crippen LogP contribution in [-0.4, -0.2) is 37.1 Å². The van der Waals surface area contributed by atoms with E-state index in [2.05, 4.69) is 24.1 Å². The first kappa shape index (κ1) is 16.5. The zero-order valence-corrected chi connectivity index (χ0v) is 14.3. The van der Waals surface area contributed by atoms with E-state index in [9.17, 15) is 4.79 Å². The van der Waals surface area contributed by atoms with Gasteiger partial charge in [0.25, 0.3) is 0 Å². The van der Waals surface area contributed by atoms with Crippen molar-refractivity contribution in [1.29, 1.82) is 0 Å². The van der Waals surface area contributed by atoms with E-state index in [1.54, 1.807) is 0 Å². The van der Waals surface area contributed by atoms with Crippen molar-refractivity contribution in [2.45, 2.75) is 62.9 Å². The van der Waals surface area contributed by atoms with Crippen LogP contribution in [0, 0.1) is 0 Å². The Kier molecular flexibility index (Phi) is 5.37. The third kappa shape index (κ3) is 3.77. The van der Waals surface area contributed by atoms with E-state index in [0.717, 1.165) is 57.2 Å². The van der Waals surface area contributed by atoms with Crippen LogP contribution in [0.3, 0.4) is 0 Å². The van der Waals surface area contributed by atoms with Crippen LogP contribution in [-0.2, 0) is 14.9 Å². The van der Waals surface area contributed by atoms with Crippen molar-refractivity contribution in [3.63, 3.8) is 0 Å². The molecule has 3 rings (SSSR count). The van der Waals surface area contributed by atoms with Gasteiger partial charge in [0.1, 0.15) is 6.10 Å². The van der Waals surface area contributed by atoms with Gasteiger partial charge in [0.15, 0.2) is 0 Å². The predicted molar refractivity (Wildman–Crippen MR) is 92.4 cm³/mol. The maximum Gasteiger partial charge on any atom is 0.316 e. The number of nitrogens with zero attached hydrogens (tertiary/aromatic N) is 1. The molecule has 126 valence electrons. The van der Waals surface area contributed by atoms with E-state index in [4.69, 9.17) is 4.74 Å². The average molecular weight is 315 g/mol. The fraction of sp³-hybridized carbons (Fsp3) is 0.650. The van der Waals surface area contributed by atoms with Crippen molar-refractivity contribution in [3.05, 3.63) is 35.9 Å². The van der Waals surface area contributed by atoms with Crippen LogP contribution < -0.4 is 0 Å². The molecule has 1 heterocycles. The van der Waals surface area contributed by atoms with Gasteiger partial charge in [-0.15, -0.1) is 0 Å². The van der Waals surface area contributed by atoms with E-state index < -0.39 is 5.41 Å². The molecule has 1 aliphatic heterocycles. The van der Waals surface area contributed by atoms with Crippen molar-refractivity contribution < 1.29 is 9.53 Å². The minimum Gasteiger partial charge on any atom is -0.462 e. The monoisotopic (exact) mass is 315 g/mol. The molecule has 0 bridgehead atoms. The Balaban J connectivity index is 1.79. The van der Waals surface area contributed by atoms with Crippen molar-refractivity contribution in [2.75, 3.05) is 20.1 Å². The van der Waals surface area contributed by atoms with E-state index in [1.165, 1.54) is 12.8 Å². The first-order valence-corrected chi connectivity index (χ1v) is 9.16. The van der Waals surface area contributed by atoms with Crippen LogP contribution in [0.15, 0.2) is 30.3 Å². The van der Waals surface area contributed by atoms with E-state index in [1.807, 2.05) is 18.2 Å². The molecule has 0 atom stereocenters. The molecule has 1 saturated carbocycles. The van der Waals surface area contributed by atoms with Gasteiger partial charge in [0, 0.05) is 13.1 Å². The summed E-state index contributed by atoms with van der Waals surface area (Å²) in [6, 6.07) is 10.3. The van der Waals surface area contributed by atoms with Crippen molar-refractivity contribution in [2.24, 2.45) is 0 Å². The van der Waals surface area contributed by atoms with Crippen LogP contribution in [0.1, 0.15) is 56.9 Å². The predicted octanol–water partition coefficient (Wildman–Crippen LogP) is 3.92. The lowest BCUT2D eigenvalue weighted by atomic mass is 9.74. The summed E-state index contributed by atoms with van der Waals surface area (Å²) in [7, 11) is 2.13. The number of carbonyl (C=O) groups is 1. The minimum atomic E-state index is -0.416. The quantitative estimate of drug-likeness (QED) is 0.625. The third-order valence-corrected chi connectivity index (χ3v) is 5.61. The van der Waals surface area contributed by atoms with Crippen molar-refractivity contribution in [1.82, 2.24) is 4.90 Å². The molecule has 2 fully saturated rings. The van der Waals surface area contributed by atoms with Gasteiger partial charge in [0.05, 0.1) is 5.41 Å². The Morgan fingerprint density at radius 2 is 1.65 bits per heavy atom. The Hall–Kier alpha value is -1.35. The Morgan fingerprint density at radius 3 is 2.26 bits per heavy atom. The summed E-state index contributed by atoms with van der Waals surface area (Å²) in [5, 5.41) is 0. The summed E-state index contributed by atoms with van der Waals surface area (Å²) in [4.78, 5) is 15.5. The summed E-state index contributed by atoms with van der Waals surface area (Å²) in [5.41, 5.74) is 0.737. The second-order valence-electron chi connectivity index (χ2n) is 7.27. The highest BCUT2D eigenvalue weighted by atomic mass is 16.5. The number of rotatable bonds is 3. The van der Waals surface area contributed by atoms with Gasteiger partial charge in [-0.2, -0.15) is 0 Å². The van der Waals surface area contributed by atoms with Gasteiger partial charge in [-0.3, -0.25) is 4.79 Å². The van der Waals surface area contributed by atoms with Gasteiger partial charge >= 0.3 is 5.97 Å². The second kappa shape index (κ2) is 7.48. The molecular formula is C20H29NO2. The minimum absolute atomic E-state index is 0.0279. The summed E-state index contributed by atoms with van der Waals surface area (Å²) in [6.45, 7) is 2.05. The topological polar surface area (TPSA) is 29.5 Å². The highest BCUT2D eigenvalue weighted by Gasteiger charge is 2.42. The lowest BCUT2D eigenvalue weighted by molar-refractivity contribution is -0.159. The maximum atomic E-state index is 13.2. The Bertz CT molecular complexity index is 498. The van der Waals surface area contributed by atoms with Crippen LogP contribution >= 0.6 is 0 Å². The molecule has 2 aliphatic rings. The van der Waals surface area contributed by atoms with E-state index >= 15 is 0 Å². The van der Waals surface area contributed by atoms with Gasteiger partial charge in [-0.05, 0) is 38.3 Å². The molecule has 1 aromatic carbocycles. The van der Waals surface area contributed by atoms with Gasteiger partial charge in [-0.1, -0.05) is 56.0 Å². The number of hydrogen-bond donors (Lipinski definition) is 0. The normalized spacial score (nSPS) is 23.2. The molecule has 1 aromatic rings. The highest BCUT2D eigenvalue weighted by Crippen LogP contribution is 2.40. The van der Waals surface area contributed by atoms with E-state index in [-0.39, 0.29) is 12.1 Å². The molecule has 23 heavy (non-hydrogen) atoms. The number of carbonyl (C=O) groups excluding carboxylic acids is 1. The molecule has 1 aliphatic carbocycles. The zero-order valence-electron chi connectivity index (χ0n) is 14.3. The molecule has 0 N–H and O–H groups in total. The van der Waals surface area contributed by atoms with Crippen LogP contribution in [0.2, 0.25) is 0 Å². The lowest BCUT2D eigenvalue weighted by Crippen LogP contribution is -2.42. The fourth-order valence-corrected chi connectivity index (χ4v) is 4.07. The summed E-state index contributed by atoms with van der Waals surface area (Å²) in [5.74, 6) is 0.0279. The van der Waals surface area contributed by atoms with Gasteiger partial charge in [-0.25, -0.2) is 0 Å². The number of ether oxygens (including phenoxy) is 1. The largest absolute Gasteiger partial charge is 0.462 e. The number of esters is 1. The fourth-order valence-electron chi connectivity index (χ4n) is 4.07.